The molecule has 0 aliphatic heterocycles. The maximum atomic E-state index is 11.6. The molecular formula is C15H10Cl2O. The van der Waals surface area contributed by atoms with Crippen LogP contribution in [-0.4, -0.2) is 5.78 Å². The van der Waals surface area contributed by atoms with Crippen LogP contribution < -0.4 is 0 Å². The third-order valence-corrected chi connectivity index (χ3v) is 3.82. The van der Waals surface area contributed by atoms with Gasteiger partial charge in [0.25, 0.3) is 0 Å². The van der Waals surface area contributed by atoms with Crippen LogP contribution in [0.1, 0.15) is 22.3 Å². The van der Waals surface area contributed by atoms with E-state index in [0.29, 0.717) is 16.5 Å². The molecule has 2 aromatic rings. The molecular weight excluding hydrogens is 267 g/mol. The lowest BCUT2D eigenvalue weighted by Crippen LogP contribution is -1.91. The van der Waals surface area contributed by atoms with E-state index in [9.17, 15) is 4.79 Å². The van der Waals surface area contributed by atoms with Crippen molar-refractivity contribution < 1.29 is 4.79 Å². The number of halogens is 2. The lowest BCUT2D eigenvalue weighted by atomic mass is 10.0. The molecule has 0 N–H and O–H groups in total. The van der Waals surface area contributed by atoms with Gasteiger partial charge in [-0.2, -0.15) is 0 Å². The Labute approximate surface area is 115 Å². The van der Waals surface area contributed by atoms with Gasteiger partial charge in [0.1, 0.15) is 0 Å². The molecule has 0 aromatic heterocycles. The van der Waals surface area contributed by atoms with E-state index >= 15 is 0 Å². The van der Waals surface area contributed by atoms with Gasteiger partial charge in [-0.25, -0.2) is 0 Å². The lowest BCUT2D eigenvalue weighted by molar-refractivity contribution is 0.0994. The molecule has 0 atom stereocenters. The zero-order valence-electron chi connectivity index (χ0n) is 9.54. The van der Waals surface area contributed by atoms with Gasteiger partial charge in [-0.05, 0) is 29.7 Å². The molecule has 0 bridgehead atoms. The van der Waals surface area contributed by atoms with Crippen LogP contribution in [0.15, 0.2) is 36.4 Å². The number of aryl methyl sites for hydroxylation is 1. The summed E-state index contributed by atoms with van der Waals surface area (Å²) >= 11 is 12.1. The summed E-state index contributed by atoms with van der Waals surface area (Å²) in [5, 5.41) is 1.26. The van der Waals surface area contributed by atoms with Crippen molar-refractivity contribution in [2.24, 2.45) is 0 Å². The molecule has 1 aliphatic carbocycles. The number of rotatable bonds is 1. The molecule has 0 fully saturated rings. The topological polar surface area (TPSA) is 17.1 Å². The molecule has 0 radical (unpaired) electrons. The number of hydrogen-bond acceptors (Lipinski definition) is 1. The van der Waals surface area contributed by atoms with E-state index in [1.807, 2.05) is 24.3 Å². The van der Waals surface area contributed by atoms with Crippen molar-refractivity contribution in [2.75, 3.05) is 0 Å². The number of benzene rings is 2. The predicted octanol–water partition coefficient (Wildman–Crippen LogP) is 4.79. The predicted molar refractivity (Wildman–Crippen MR) is 74.5 cm³/mol. The third kappa shape index (κ3) is 1.94. The summed E-state index contributed by atoms with van der Waals surface area (Å²) < 4.78 is 0. The highest BCUT2D eigenvalue weighted by Crippen LogP contribution is 2.33. The van der Waals surface area contributed by atoms with Crippen LogP contribution in [0.4, 0.5) is 0 Å². The van der Waals surface area contributed by atoms with Crippen LogP contribution in [-0.2, 0) is 6.42 Å². The minimum absolute atomic E-state index is 0.235. The van der Waals surface area contributed by atoms with Crippen molar-refractivity contribution in [3.63, 3.8) is 0 Å². The Kier molecular flexibility index (Phi) is 2.89. The van der Waals surface area contributed by atoms with Crippen LogP contribution in [0.5, 0.6) is 0 Å². The molecule has 90 valence electrons. The molecule has 0 heterocycles. The van der Waals surface area contributed by atoms with Crippen molar-refractivity contribution in [3.05, 3.63) is 57.6 Å². The van der Waals surface area contributed by atoms with Gasteiger partial charge in [-0.1, -0.05) is 47.5 Å². The zero-order valence-corrected chi connectivity index (χ0v) is 11.1. The molecule has 0 unspecified atom stereocenters. The molecule has 0 spiro atoms. The first kappa shape index (κ1) is 11.8. The molecule has 3 rings (SSSR count). The van der Waals surface area contributed by atoms with Crippen LogP contribution in [0.25, 0.3) is 11.1 Å². The molecule has 1 nitrogen and oxygen atoms in total. The number of hydrogen-bond donors (Lipinski definition) is 0. The van der Waals surface area contributed by atoms with E-state index in [0.717, 1.165) is 28.7 Å². The molecule has 18 heavy (non-hydrogen) atoms. The molecule has 0 saturated carbocycles. The summed E-state index contributed by atoms with van der Waals surface area (Å²) in [6.07, 6.45) is 1.44. The average Bonchev–Trinajstić information content (AvgIpc) is 2.71. The Morgan fingerprint density at radius 3 is 2.44 bits per heavy atom. The Morgan fingerprint density at radius 1 is 0.889 bits per heavy atom. The van der Waals surface area contributed by atoms with Gasteiger partial charge in [0.05, 0.1) is 0 Å². The number of carbonyl (C=O) groups excluding carboxylic acids is 1. The summed E-state index contributed by atoms with van der Waals surface area (Å²) in [4.78, 5) is 11.6. The molecule has 0 amide bonds. The SMILES string of the molecule is O=C1CCc2cc(-c3ccc(Cl)cc3Cl)ccc21. The second-order valence-electron chi connectivity index (χ2n) is 4.42. The van der Waals surface area contributed by atoms with Crippen molar-refractivity contribution in [1.82, 2.24) is 0 Å². The first-order valence-corrected chi connectivity index (χ1v) is 6.52. The standard InChI is InChI=1S/C15H10Cl2O/c16-11-3-5-12(14(17)8-11)9-1-4-13-10(7-9)2-6-15(13)18/h1,3-5,7-8H,2,6H2. The Balaban J connectivity index is 2.10. The van der Waals surface area contributed by atoms with Crippen molar-refractivity contribution >= 4 is 29.0 Å². The smallest absolute Gasteiger partial charge is 0.163 e. The summed E-state index contributed by atoms with van der Waals surface area (Å²) in [5.41, 5.74) is 3.95. The van der Waals surface area contributed by atoms with Crippen LogP contribution in [0.2, 0.25) is 10.0 Å². The van der Waals surface area contributed by atoms with Gasteiger partial charge in [-0.15, -0.1) is 0 Å². The fourth-order valence-corrected chi connectivity index (χ4v) is 2.86. The number of Topliss-reactive ketones (excluding diaryl/α,β-unsaturated/α-hetero) is 1. The summed E-state index contributed by atoms with van der Waals surface area (Å²) in [7, 11) is 0. The van der Waals surface area contributed by atoms with E-state index in [2.05, 4.69) is 6.07 Å². The van der Waals surface area contributed by atoms with Crippen molar-refractivity contribution in [1.29, 1.82) is 0 Å². The average molecular weight is 277 g/mol. The number of ketones is 1. The fourth-order valence-electron chi connectivity index (χ4n) is 2.35. The van der Waals surface area contributed by atoms with Crippen molar-refractivity contribution in [2.45, 2.75) is 12.8 Å². The monoisotopic (exact) mass is 276 g/mol. The Bertz CT molecular complexity index is 647. The Hall–Kier alpha value is -1.31. The lowest BCUT2D eigenvalue weighted by Gasteiger charge is -2.07. The first-order chi connectivity index (χ1) is 8.65. The molecule has 1 aliphatic rings. The van der Waals surface area contributed by atoms with E-state index in [1.54, 1.807) is 6.07 Å². The molecule has 3 heteroatoms. The van der Waals surface area contributed by atoms with Gasteiger partial charge in [0, 0.05) is 27.6 Å². The second kappa shape index (κ2) is 4.42. The number of carbonyl (C=O) groups is 1. The van der Waals surface area contributed by atoms with Gasteiger partial charge >= 0.3 is 0 Å². The summed E-state index contributed by atoms with van der Waals surface area (Å²) in [6.45, 7) is 0. The minimum atomic E-state index is 0.235. The maximum Gasteiger partial charge on any atom is 0.163 e. The maximum absolute atomic E-state index is 11.6. The Morgan fingerprint density at radius 2 is 1.67 bits per heavy atom. The highest BCUT2D eigenvalue weighted by Gasteiger charge is 2.19. The van der Waals surface area contributed by atoms with E-state index < -0.39 is 0 Å². The third-order valence-electron chi connectivity index (χ3n) is 3.27. The minimum Gasteiger partial charge on any atom is -0.294 e. The molecule has 0 saturated heterocycles. The van der Waals surface area contributed by atoms with Crippen LogP contribution in [0, 0.1) is 0 Å². The van der Waals surface area contributed by atoms with Gasteiger partial charge in [0.15, 0.2) is 5.78 Å². The molecule has 2 aromatic carbocycles. The first-order valence-electron chi connectivity index (χ1n) is 5.77. The summed E-state index contributed by atoms with van der Waals surface area (Å²) in [5.74, 6) is 0.235. The highest BCUT2D eigenvalue weighted by molar-refractivity contribution is 6.36. The van der Waals surface area contributed by atoms with E-state index in [-0.39, 0.29) is 5.78 Å². The van der Waals surface area contributed by atoms with E-state index in [1.165, 1.54) is 0 Å². The van der Waals surface area contributed by atoms with Gasteiger partial charge < -0.3 is 0 Å². The van der Waals surface area contributed by atoms with Crippen LogP contribution >= 0.6 is 23.2 Å². The normalized spacial score (nSPS) is 13.8. The highest BCUT2D eigenvalue weighted by atomic mass is 35.5. The van der Waals surface area contributed by atoms with E-state index in [4.69, 9.17) is 23.2 Å². The quantitative estimate of drug-likeness (QED) is 0.732. The van der Waals surface area contributed by atoms with Crippen LogP contribution in [0.3, 0.4) is 0 Å². The number of fused-ring (bicyclic) bond motifs is 1. The second-order valence-corrected chi connectivity index (χ2v) is 5.26. The van der Waals surface area contributed by atoms with Gasteiger partial charge in [-0.3, -0.25) is 4.79 Å². The van der Waals surface area contributed by atoms with Crippen molar-refractivity contribution in [3.8, 4) is 11.1 Å². The fraction of sp³-hybridized carbons (Fsp3) is 0.133. The zero-order chi connectivity index (χ0) is 12.7. The van der Waals surface area contributed by atoms with Gasteiger partial charge in [0.2, 0.25) is 0 Å². The summed E-state index contributed by atoms with van der Waals surface area (Å²) in [6, 6.07) is 11.3. The largest absolute Gasteiger partial charge is 0.294 e.